The lowest BCUT2D eigenvalue weighted by Crippen LogP contribution is -2.52. The van der Waals surface area contributed by atoms with Gasteiger partial charge in [-0.25, -0.2) is 4.79 Å². The first kappa shape index (κ1) is 25.3. The van der Waals surface area contributed by atoms with Gasteiger partial charge in [-0.05, 0) is 55.2 Å². The molecule has 4 N–H and O–H groups in total. The van der Waals surface area contributed by atoms with E-state index in [0.717, 1.165) is 10.5 Å². The van der Waals surface area contributed by atoms with Gasteiger partial charge >= 0.3 is 6.03 Å². The molecule has 2 aliphatic heterocycles. The van der Waals surface area contributed by atoms with Crippen LogP contribution in [0.25, 0.3) is 0 Å². The molecule has 0 saturated carbocycles. The van der Waals surface area contributed by atoms with E-state index in [1.54, 1.807) is 30.3 Å². The van der Waals surface area contributed by atoms with E-state index >= 15 is 0 Å². The van der Waals surface area contributed by atoms with Gasteiger partial charge in [-0.1, -0.05) is 41.9 Å². The van der Waals surface area contributed by atoms with Crippen molar-refractivity contribution in [2.45, 2.75) is 25.3 Å². The summed E-state index contributed by atoms with van der Waals surface area (Å²) in [6.45, 7) is 4.07. The minimum Gasteiger partial charge on any atom is -0.351 e. The molecule has 0 spiro atoms. The molecule has 0 bridgehead atoms. The predicted molar refractivity (Wildman–Crippen MR) is 137 cm³/mol. The number of anilines is 2. The highest BCUT2D eigenvalue weighted by atomic mass is 35.5. The Hall–Kier alpha value is -3.82. The Balaban J connectivity index is 1.31. The van der Waals surface area contributed by atoms with Crippen LogP contribution in [0.3, 0.4) is 0 Å². The highest BCUT2D eigenvalue weighted by molar-refractivity contribution is 6.42. The summed E-state index contributed by atoms with van der Waals surface area (Å²) in [5.41, 5.74) is 2.67. The number of allylic oxidation sites excluding steroid dienone is 1. The molecule has 2 heterocycles. The van der Waals surface area contributed by atoms with E-state index in [-0.39, 0.29) is 5.70 Å². The maximum Gasteiger partial charge on any atom is 0.319 e. The second-order valence-electron chi connectivity index (χ2n) is 8.30. The number of benzene rings is 2. The van der Waals surface area contributed by atoms with Crippen LogP contribution in [0.1, 0.15) is 18.4 Å². The Kier molecular flexibility index (Phi) is 7.61. The molecule has 0 aromatic heterocycles. The average Bonchev–Trinajstić information content (AvgIpc) is 3.09. The molecule has 1 unspecified atom stereocenters. The summed E-state index contributed by atoms with van der Waals surface area (Å²) in [7, 11) is 0. The van der Waals surface area contributed by atoms with Gasteiger partial charge in [-0.3, -0.25) is 19.3 Å². The van der Waals surface area contributed by atoms with Crippen LogP contribution < -0.4 is 21.3 Å². The Morgan fingerprint density at radius 2 is 1.89 bits per heavy atom. The number of hydrogen-bond acceptors (Lipinski definition) is 5. The van der Waals surface area contributed by atoms with Gasteiger partial charge < -0.3 is 21.3 Å². The van der Waals surface area contributed by atoms with Crippen LogP contribution in [0.15, 0.2) is 66.5 Å². The van der Waals surface area contributed by atoms with E-state index in [1.165, 1.54) is 6.08 Å². The number of urea groups is 1. The van der Waals surface area contributed by atoms with Gasteiger partial charge in [0.1, 0.15) is 11.7 Å². The van der Waals surface area contributed by atoms with Crippen molar-refractivity contribution in [1.82, 2.24) is 15.5 Å². The fraction of sp³-hybridized carbons (Fsp3) is 0.200. The molecule has 5 amide bonds. The fourth-order valence-electron chi connectivity index (χ4n) is 3.91. The number of carbonyl (C=O) groups is 4. The summed E-state index contributed by atoms with van der Waals surface area (Å²) in [5, 5.41) is 11.7. The molecule has 4 rings (SSSR count). The van der Waals surface area contributed by atoms with Crippen LogP contribution in [0.5, 0.6) is 0 Å². The summed E-state index contributed by atoms with van der Waals surface area (Å²) < 4.78 is 0. The van der Waals surface area contributed by atoms with E-state index < -0.39 is 29.8 Å². The van der Waals surface area contributed by atoms with Crippen molar-refractivity contribution in [2.75, 3.05) is 17.2 Å². The maximum atomic E-state index is 12.9. The number of hydrogen-bond donors (Lipinski definition) is 4. The van der Waals surface area contributed by atoms with E-state index in [4.69, 9.17) is 23.2 Å². The minimum atomic E-state index is -0.862. The van der Waals surface area contributed by atoms with Crippen LogP contribution in [0.2, 0.25) is 10.0 Å². The maximum absolute atomic E-state index is 12.9. The molecule has 2 aromatic carbocycles. The molecule has 0 aliphatic carbocycles. The second kappa shape index (κ2) is 10.8. The topological polar surface area (TPSA) is 120 Å². The molecule has 11 heteroatoms. The number of imide groups is 1. The molecule has 186 valence electrons. The summed E-state index contributed by atoms with van der Waals surface area (Å²) in [6.07, 6.45) is 2.55. The van der Waals surface area contributed by atoms with Gasteiger partial charge in [-0.15, -0.1) is 0 Å². The van der Waals surface area contributed by atoms with Crippen molar-refractivity contribution in [2.24, 2.45) is 0 Å². The molecule has 0 radical (unpaired) electrons. The van der Waals surface area contributed by atoms with Crippen LogP contribution in [0, 0.1) is 0 Å². The average molecular weight is 528 g/mol. The van der Waals surface area contributed by atoms with Gasteiger partial charge in [0, 0.05) is 29.7 Å². The van der Waals surface area contributed by atoms with Crippen LogP contribution in [0.4, 0.5) is 16.2 Å². The second-order valence-corrected chi connectivity index (χ2v) is 9.12. The molecule has 2 aromatic rings. The number of halogens is 2. The first-order valence-electron chi connectivity index (χ1n) is 11.1. The number of nitrogens with one attached hydrogen (secondary N) is 4. The van der Waals surface area contributed by atoms with Crippen molar-refractivity contribution in [3.63, 3.8) is 0 Å². The summed E-state index contributed by atoms with van der Waals surface area (Å²) in [6, 6.07) is 10.8. The smallest absolute Gasteiger partial charge is 0.319 e. The third-order valence-electron chi connectivity index (χ3n) is 5.67. The van der Waals surface area contributed by atoms with Crippen molar-refractivity contribution in [3.05, 3.63) is 82.1 Å². The zero-order valence-electron chi connectivity index (χ0n) is 19.1. The largest absolute Gasteiger partial charge is 0.351 e. The molecule has 36 heavy (non-hydrogen) atoms. The van der Waals surface area contributed by atoms with Crippen molar-refractivity contribution in [1.29, 1.82) is 0 Å². The predicted octanol–water partition coefficient (Wildman–Crippen LogP) is 3.81. The molecule has 1 saturated heterocycles. The molecular weight excluding hydrogens is 505 g/mol. The third kappa shape index (κ3) is 5.87. The zero-order valence-corrected chi connectivity index (χ0v) is 20.6. The number of rotatable bonds is 7. The van der Waals surface area contributed by atoms with E-state index in [1.807, 2.05) is 12.1 Å². The van der Waals surface area contributed by atoms with Crippen molar-refractivity contribution in [3.8, 4) is 0 Å². The molecule has 9 nitrogen and oxygen atoms in total. The van der Waals surface area contributed by atoms with Gasteiger partial charge in [0.15, 0.2) is 0 Å². The standard InChI is InChI=1S/C25H23Cl2N5O4/c1-14-5-8-21(23(34)29-14)32-22(33)13-20(24(32)35)30-16-4-2-3-15(11-16)9-10-28-25(36)31-17-6-7-18(26)19(27)12-17/h2-4,6-7,11-13,21,30H,1,5,8-10H2,(H,29,34)(H2,28,31,36). The number of piperidine rings is 1. The lowest BCUT2D eigenvalue weighted by atomic mass is 10.0. The third-order valence-corrected chi connectivity index (χ3v) is 6.41. The normalized spacial score (nSPS) is 17.6. The van der Waals surface area contributed by atoms with Crippen LogP contribution in [-0.4, -0.2) is 41.2 Å². The molecule has 1 fully saturated rings. The van der Waals surface area contributed by atoms with Crippen molar-refractivity contribution < 1.29 is 19.2 Å². The van der Waals surface area contributed by atoms with E-state index in [0.29, 0.717) is 52.9 Å². The molecule has 1 atom stereocenters. The zero-order chi connectivity index (χ0) is 25.8. The van der Waals surface area contributed by atoms with Gasteiger partial charge in [0.05, 0.1) is 10.0 Å². The van der Waals surface area contributed by atoms with Crippen LogP contribution in [-0.2, 0) is 20.8 Å². The van der Waals surface area contributed by atoms with Gasteiger partial charge in [0.2, 0.25) is 5.91 Å². The lowest BCUT2D eigenvalue weighted by molar-refractivity contribution is -0.146. The van der Waals surface area contributed by atoms with Gasteiger partial charge in [0.25, 0.3) is 11.8 Å². The Morgan fingerprint density at radius 3 is 2.64 bits per heavy atom. The van der Waals surface area contributed by atoms with Crippen molar-refractivity contribution >= 4 is 58.3 Å². The first-order chi connectivity index (χ1) is 17.2. The van der Waals surface area contributed by atoms with Gasteiger partial charge in [-0.2, -0.15) is 0 Å². The highest BCUT2D eigenvalue weighted by Crippen LogP contribution is 2.26. The van der Waals surface area contributed by atoms with E-state index in [9.17, 15) is 19.2 Å². The van der Waals surface area contributed by atoms with E-state index in [2.05, 4.69) is 27.8 Å². The monoisotopic (exact) mass is 527 g/mol. The minimum absolute atomic E-state index is 0.0912. The Morgan fingerprint density at radius 1 is 1.08 bits per heavy atom. The Labute approximate surface area is 217 Å². The first-order valence-corrected chi connectivity index (χ1v) is 11.9. The summed E-state index contributed by atoms with van der Waals surface area (Å²) in [4.78, 5) is 50.7. The molecule has 2 aliphatic rings. The highest BCUT2D eigenvalue weighted by Gasteiger charge is 2.41. The SMILES string of the molecule is C=C1CCC(N2C(=O)C=C(Nc3cccc(CCNC(=O)Nc4ccc(Cl)c(Cl)c4)c3)C2=O)C(=O)N1. The number of amides is 5. The fourth-order valence-corrected chi connectivity index (χ4v) is 4.21. The summed E-state index contributed by atoms with van der Waals surface area (Å²) in [5.74, 6) is -1.51. The summed E-state index contributed by atoms with van der Waals surface area (Å²) >= 11 is 11.8. The quantitative estimate of drug-likeness (QED) is 0.408. The van der Waals surface area contributed by atoms with Crippen LogP contribution >= 0.6 is 23.2 Å². The number of carbonyl (C=O) groups excluding carboxylic acids is 4. The number of nitrogens with zero attached hydrogens (tertiary/aromatic N) is 1. The molecular formula is C25H23Cl2N5O4. The Bertz CT molecular complexity index is 1290. The lowest BCUT2D eigenvalue weighted by Gasteiger charge is -2.29.